The first-order valence-corrected chi connectivity index (χ1v) is 11.3. The van der Waals surface area contributed by atoms with Crippen LogP contribution in [0.1, 0.15) is 33.6 Å². The highest BCUT2D eigenvalue weighted by Crippen LogP contribution is 2.47. The van der Waals surface area contributed by atoms with Gasteiger partial charge in [0, 0.05) is 24.5 Å². The van der Waals surface area contributed by atoms with E-state index in [1.807, 2.05) is 0 Å². The highest BCUT2D eigenvalue weighted by atomic mass is 28.4. The van der Waals surface area contributed by atoms with E-state index in [1.54, 1.807) is 6.08 Å². The fraction of sp³-hybridized carbons (Fsp3) is 0.722. The third kappa shape index (κ3) is 2.45. The lowest BCUT2D eigenvalue weighted by atomic mass is 9.72. The first-order chi connectivity index (χ1) is 10.0. The fourth-order valence-electron chi connectivity index (χ4n) is 3.87. The molecule has 1 spiro atoms. The molecule has 2 saturated heterocycles. The van der Waals surface area contributed by atoms with Gasteiger partial charge in [0.15, 0.2) is 14.1 Å². The molecular formula is C18H29NO2Si. The number of carbonyl (C=O) groups excluding carboxylic acids is 1. The van der Waals surface area contributed by atoms with Crippen LogP contribution in [0.2, 0.25) is 18.1 Å². The summed E-state index contributed by atoms with van der Waals surface area (Å²) in [6, 6.07) is 0. The van der Waals surface area contributed by atoms with Crippen LogP contribution in [0.3, 0.4) is 0 Å². The Bertz CT molecular complexity index is 546. The van der Waals surface area contributed by atoms with Crippen molar-refractivity contribution in [2.75, 3.05) is 13.1 Å². The van der Waals surface area contributed by atoms with E-state index in [4.69, 9.17) is 4.43 Å². The molecule has 0 aromatic heterocycles. The molecule has 2 aliphatic heterocycles. The van der Waals surface area contributed by atoms with Crippen molar-refractivity contribution in [1.29, 1.82) is 0 Å². The SMILES string of the molecule is C=C1CN2CC(O[Si](C)(C)C(C)(C)C)C[C@@]23C=CC(=O)[C@@H]1C3. The van der Waals surface area contributed by atoms with E-state index in [0.717, 1.165) is 31.5 Å². The van der Waals surface area contributed by atoms with Crippen LogP contribution >= 0.6 is 0 Å². The Balaban J connectivity index is 1.81. The lowest BCUT2D eigenvalue weighted by Crippen LogP contribution is -2.52. The van der Waals surface area contributed by atoms with E-state index in [9.17, 15) is 4.79 Å². The molecule has 0 aromatic carbocycles. The largest absolute Gasteiger partial charge is 0.413 e. The zero-order chi connectivity index (χ0) is 16.3. The molecular weight excluding hydrogens is 290 g/mol. The summed E-state index contributed by atoms with van der Waals surface area (Å²) >= 11 is 0. The quantitative estimate of drug-likeness (QED) is 0.576. The van der Waals surface area contributed by atoms with Crippen molar-refractivity contribution in [2.45, 2.75) is 63.4 Å². The van der Waals surface area contributed by atoms with Crippen molar-refractivity contribution in [1.82, 2.24) is 4.90 Å². The van der Waals surface area contributed by atoms with Crippen LogP contribution in [0.5, 0.6) is 0 Å². The van der Waals surface area contributed by atoms with Gasteiger partial charge < -0.3 is 4.43 Å². The number of carbonyl (C=O) groups is 1. The van der Waals surface area contributed by atoms with Gasteiger partial charge in [-0.05, 0) is 37.0 Å². The van der Waals surface area contributed by atoms with Gasteiger partial charge in [-0.25, -0.2) is 0 Å². The molecule has 0 saturated carbocycles. The molecule has 0 radical (unpaired) electrons. The summed E-state index contributed by atoms with van der Waals surface area (Å²) in [5.41, 5.74) is 1.12. The summed E-state index contributed by atoms with van der Waals surface area (Å²) in [7, 11) is -1.75. The van der Waals surface area contributed by atoms with Gasteiger partial charge in [-0.2, -0.15) is 0 Å². The van der Waals surface area contributed by atoms with Crippen molar-refractivity contribution in [3.8, 4) is 0 Å². The topological polar surface area (TPSA) is 29.5 Å². The van der Waals surface area contributed by atoms with Gasteiger partial charge in [0.05, 0.1) is 6.10 Å². The predicted molar refractivity (Wildman–Crippen MR) is 92.4 cm³/mol. The van der Waals surface area contributed by atoms with Crippen molar-refractivity contribution >= 4 is 14.1 Å². The van der Waals surface area contributed by atoms with Crippen molar-refractivity contribution in [3.05, 3.63) is 24.3 Å². The number of ketones is 1. The normalized spacial score (nSPS) is 35.9. The van der Waals surface area contributed by atoms with E-state index in [-0.39, 0.29) is 28.4 Å². The summed E-state index contributed by atoms with van der Waals surface area (Å²) in [6.07, 6.45) is 6.14. The van der Waals surface area contributed by atoms with Gasteiger partial charge in [-0.15, -0.1) is 0 Å². The molecule has 2 fully saturated rings. The van der Waals surface area contributed by atoms with Gasteiger partial charge in [0.1, 0.15) is 0 Å². The second kappa shape index (κ2) is 4.89. The van der Waals surface area contributed by atoms with Crippen LogP contribution in [0.4, 0.5) is 0 Å². The van der Waals surface area contributed by atoms with Crippen LogP contribution in [0, 0.1) is 5.92 Å². The van der Waals surface area contributed by atoms with E-state index in [0.29, 0.717) is 0 Å². The minimum Gasteiger partial charge on any atom is -0.413 e. The monoisotopic (exact) mass is 319 g/mol. The fourth-order valence-corrected chi connectivity index (χ4v) is 5.22. The number of hydrogen-bond acceptors (Lipinski definition) is 3. The smallest absolute Gasteiger partial charge is 0.192 e. The lowest BCUT2D eigenvalue weighted by Gasteiger charge is -2.46. The zero-order valence-corrected chi connectivity index (χ0v) is 15.6. The van der Waals surface area contributed by atoms with Gasteiger partial charge >= 0.3 is 0 Å². The summed E-state index contributed by atoms with van der Waals surface area (Å²) in [5, 5.41) is 0.234. The third-order valence-electron chi connectivity index (χ3n) is 6.25. The van der Waals surface area contributed by atoms with Gasteiger partial charge in [0.25, 0.3) is 0 Å². The Morgan fingerprint density at radius 2 is 2.05 bits per heavy atom. The van der Waals surface area contributed by atoms with Crippen LogP contribution in [-0.2, 0) is 9.22 Å². The number of hydrogen-bond donors (Lipinski definition) is 0. The van der Waals surface area contributed by atoms with Crippen LogP contribution in [-0.4, -0.2) is 43.7 Å². The number of allylic oxidation sites excluding steroid dienone is 1. The molecule has 1 unspecified atom stereocenters. The maximum atomic E-state index is 12.1. The molecule has 22 heavy (non-hydrogen) atoms. The second-order valence-electron chi connectivity index (χ2n) is 8.84. The maximum Gasteiger partial charge on any atom is 0.192 e. The summed E-state index contributed by atoms with van der Waals surface area (Å²) in [6.45, 7) is 17.5. The molecule has 2 heterocycles. The van der Waals surface area contributed by atoms with Crippen LogP contribution in [0.15, 0.2) is 24.3 Å². The Labute approximate surface area is 135 Å². The Morgan fingerprint density at radius 1 is 1.36 bits per heavy atom. The Kier molecular flexibility index (Phi) is 3.59. The van der Waals surface area contributed by atoms with Gasteiger partial charge in [-0.1, -0.05) is 39.0 Å². The van der Waals surface area contributed by atoms with Crippen LogP contribution < -0.4 is 0 Å². The van der Waals surface area contributed by atoms with E-state index in [2.05, 4.69) is 51.4 Å². The number of fused-ring (bicyclic) bond motifs is 1. The number of nitrogens with zero attached hydrogens (tertiary/aromatic N) is 1. The Hall–Kier alpha value is -0.713. The molecule has 3 aliphatic rings. The molecule has 3 atom stereocenters. The second-order valence-corrected chi connectivity index (χ2v) is 13.6. The van der Waals surface area contributed by atoms with Crippen molar-refractivity contribution < 1.29 is 9.22 Å². The lowest BCUT2D eigenvalue weighted by molar-refractivity contribution is -0.119. The summed E-state index contributed by atoms with van der Waals surface area (Å²) in [5.74, 6) is 0.275. The predicted octanol–water partition coefficient (Wildman–Crippen LogP) is 3.54. The van der Waals surface area contributed by atoms with Gasteiger partial charge in [-0.3, -0.25) is 9.69 Å². The molecule has 3 rings (SSSR count). The highest BCUT2D eigenvalue weighted by molar-refractivity contribution is 6.74. The average Bonchev–Trinajstić information content (AvgIpc) is 2.69. The number of rotatable bonds is 2. The van der Waals surface area contributed by atoms with Crippen molar-refractivity contribution in [3.63, 3.8) is 0 Å². The Morgan fingerprint density at radius 3 is 2.68 bits per heavy atom. The molecule has 0 N–H and O–H groups in total. The number of piperidine rings is 1. The van der Waals surface area contributed by atoms with E-state index in [1.165, 1.54) is 0 Å². The van der Waals surface area contributed by atoms with Crippen LogP contribution in [0.25, 0.3) is 0 Å². The third-order valence-corrected chi connectivity index (χ3v) is 10.8. The minimum absolute atomic E-state index is 0.0345. The first kappa shape index (κ1) is 16.2. The first-order valence-electron chi connectivity index (χ1n) is 8.38. The molecule has 1 aliphatic carbocycles. The standard InChI is InChI=1S/C18H29NO2Si/c1-13-11-19-12-14(21-22(5,6)17(2,3)4)9-18(19)8-7-16(20)15(13)10-18/h7-8,14-15H,1,9-12H2,2-6H3/t14?,15-,18-/m1/s1. The van der Waals surface area contributed by atoms with Crippen molar-refractivity contribution in [2.24, 2.45) is 5.92 Å². The molecule has 0 amide bonds. The molecule has 3 nitrogen and oxygen atoms in total. The summed E-state index contributed by atoms with van der Waals surface area (Å²) < 4.78 is 6.65. The highest BCUT2D eigenvalue weighted by Gasteiger charge is 2.53. The maximum absolute atomic E-state index is 12.1. The summed E-state index contributed by atoms with van der Waals surface area (Å²) in [4.78, 5) is 14.5. The average molecular weight is 320 g/mol. The molecule has 122 valence electrons. The minimum atomic E-state index is -1.75. The molecule has 4 heteroatoms. The zero-order valence-electron chi connectivity index (χ0n) is 14.6. The molecule has 2 bridgehead atoms. The molecule has 0 aromatic rings. The van der Waals surface area contributed by atoms with E-state index < -0.39 is 8.32 Å². The van der Waals surface area contributed by atoms with Gasteiger partial charge in [0.2, 0.25) is 0 Å². The van der Waals surface area contributed by atoms with E-state index >= 15 is 0 Å².